The quantitative estimate of drug-likeness (QED) is 0.619. The molecule has 2 aliphatic heterocycles. The van der Waals surface area contributed by atoms with Crippen molar-refractivity contribution in [1.82, 2.24) is 15.1 Å². The standard InChI is InChI=1S/C23H33Cl2N3O2/c1-17-6-4-12-27(15-17)11-3-2-10-26-22(29)19-7-5-13-28(16-19)23(30)18-8-9-20(24)21(25)14-18/h8-9,14,17,19H,2-7,10-13,15-16H2,1H3,(H,26,29). The van der Waals surface area contributed by atoms with Crippen LogP contribution in [0.5, 0.6) is 0 Å². The van der Waals surface area contributed by atoms with Gasteiger partial charge in [-0.1, -0.05) is 30.1 Å². The molecule has 2 fully saturated rings. The molecule has 0 aromatic heterocycles. The third-order valence-corrected chi connectivity index (χ3v) is 6.93. The van der Waals surface area contributed by atoms with Crippen molar-refractivity contribution in [1.29, 1.82) is 0 Å². The minimum atomic E-state index is -0.145. The average Bonchev–Trinajstić information content (AvgIpc) is 2.75. The lowest BCUT2D eigenvalue weighted by Crippen LogP contribution is -2.45. The number of rotatable bonds is 7. The van der Waals surface area contributed by atoms with Crippen molar-refractivity contribution in [2.75, 3.05) is 39.3 Å². The van der Waals surface area contributed by atoms with Gasteiger partial charge in [-0.2, -0.15) is 0 Å². The molecule has 0 aliphatic carbocycles. The Morgan fingerprint density at radius 2 is 1.87 bits per heavy atom. The van der Waals surface area contributed by atoms with Gasteiger partial charge in [0.15, 0.2) is 0 Å². The lowest BCUT2D eigenvalue weighted by atomic mass is 9.96. The number of hydrogen-bond donors (Lipinski definition) is 1. The van der Waals surface area contributed by atoms with Gasteiger partial charge in [0.25, 0.3) is 5.91 Å². The van der Waals surface area contributed by atoms with Crippen LogP contribution in [0.1, 0.15) is 55.8 Å². The molecular weight excluding hydrogens is 421 g/mol. The fourth-order valence-electron chi connectivity index (χ4n) is 4.49. The molecule has 0 spiro atoms. The molecule has 0 saturated carbocycles. The maximum absolute atomic E-state index is 12.8. The molecule has 7 heteroatoms. The zero-order valence-corrected chi connectivity index (χ0v) is 19.4. The normalized spacial score (nSPS) is 22.7. The number of unbranched alkanes of at least 4 members (excludes halogenated alkanes) is 1. The van der Waals surface area contributed by atoms with Gasteiger partial charge in [0, 0.05) is 31.7 Å². The van der Waals surface area contributed by atoms with E-state index in [9.17, 15) is 9.59 Å². The van der Waals surface area contributed by atoms with Crippen LogP contribution < -0.4 is 5.32 Å². The van der Waals surface area contributed by atoms with Crippen LogP contribution >= 0.6 is 23.2 Å². The molecule has 5 nitrogen and oxygen atoms in total. The third-order valence-electron chi connectivity index (χ3n) is 6.19. The first-order valence-corrected chi connectivity index (χ1v) is 11.9. The van der Waals surface area contributed by atoms with Crippen molar-refractivity contribution in [3.63, 3.8) is 0 Å². The Morgan fingerprint density at radius 3 is 2.63 bits per heavy atom. The van der Waals surface area contributed by atoms with Gasteiger partial charge in [0.2, 0.25) is 5.91 Å². The van der Waals surface area contributed by atoms with Gasteiger partial charge in [-0.15, -0.1) is 0 Å². The first kappa shape index (κ1) is 23.4. The average molecular weight is 454 g/mol. The van der Waals surface area contributed by atoms with Crippen LogP contribution in [0.4, 0.5) is 0 Å². The number of amides is 2. The molecule has 2 amide bonds. The number of benzene rings is 1. The molecule has 2 saturated heterocycles. The number of piperidine rings is 2. The molecule has 1 aromatic rings. The Balaban J connectivity index is 1.39. The highest BCUT2D eigenvalue weighted by Gasteiger charge is 2.29. The van der Waals surface area contributed by atoms with Crippen LogP contribution in [0.3, 0.4) is 0 Å². The SMILES string of the molecule is CC1CCCN(CCCCNC(=O)C2CCCN(C(=O)c3ccc(Cl)c(Cl)c3)C2)C1. The summed E-state index contributed by atoms with van der Waals surface area (Å²) in [5.41, 5.74) is 0.512. The van der Waals surface area contributed by atoms with Gasteiger partial charge in [-0.05, 0) is 75.7 Å². The van der Waals surface area contributed by atoms with E-state index in [-0.39, 0.29) is 17.7 Å². The predicted octanol–water partition coefficient (Wildman–Crippen LogP) is 4.47. The number of hydrogen-bond acceptors (Lipinski definition) is 3. The van der Waals surface area contributed by atoms with Crippen LogP contribution in [0.2, 0.25) is 10.0 Å². The maximum Gasteiger partial charge on any atom is 0.253 e. The smallest absolute Gasteiger partial charge is 0.253 e. The van der Waals surface area contributed by atoms with Crippen molar-refractivity contribution in [3.8, 4) is 0 Å². The number of nitrogens with zero attached hydrogens (tertiary/aromatic N) is 2. The monoisotopic (exact) mass is 453 g/mol. The molecule has 2 aliphatic rings. The molecular formula is C23H33Cl2N3O2. The zero-order valence-electron chi connectivity index (χ0n) is 17.8. The van der Waals surface area contributed by atoms with Crippen molar-refractivity contribution < 1.29 is 9.59 Å². The summed E-state index contributed by atoms with van der Waals surface area (Å²) in [5, 5.41) is 3.88. The summed E-state index contributed by atoms with van der Waals surface area (Å²) in [7, 11) is 0. The van der Waals surface area contributed by atoms with Crippen LogP contribution in [0, 0.1) is 11.8 Å². The summed E-state index contributed by atoms with van der Waals surface area (Å²) >= 11 is 12.0. The molecule has 2 heterocycles. The molecule has 1 aromatic carbocycles. The lowest BCUT2D eigenvalue weighted by molar-refractivity contribution is -0.126. The van der Waals surface area contributed by atoms with Gasteiger partial charge in [0.1, 0.15) is 0 Å². The lowest BCUT2D eigenvalue weighted by Gasteiger charge is -2.32. The fourth-order valence-corrected chi connectivity index (χ4v) is 4.79. The highest BCUT2D eigenvalue weighted by molar-refractivity contribution is 6.42. The number of nitrogens with one attached hydrogen (secondary N) is 1. The molecule has 0 bridgehead atoms. The Hall–Kier alpha value is -1.30. The molecule has 3 rings (SSSR count). The third kappa shape index (κ3) is 6.60. The summed E-state index contributed by atoms with van der Waals surface area (Å²) in [6.45, 7) is 7.69. The fraction of sp³-hybridized carbons (Fsp3) is 0.652. The van der Waals surface area contributed by atoms with Crippen molar-refractivity contribution in [2.24, 2.45) is 11.8 Å². The Morgan fingerprint density at radius 1 is 1.07 bits per heavy atom. The molecule has 0 radical (unpaired) electrons. The summed E-state index contributed by atoms with van der Waals surface area (Å²) in [4.78, 5) is 29.7. The van der Waals surface area contributed by atoms with E-state index in [4.69, 9.17) is 23.2 Å². The highest BCUT2D eigenvalue weighted by Crippen LogP contribution is 2.25. The highest BCUT2D eigenvalue weighted by atomic mass is 35.5. The van der Waals surface area contributed by atoms with Crippen molar-refractivity contribution in [3.05, 3.63) is 33.8 Å². The second kappa shape index (κ2) is 11.4. The first-order valence-electron chi connectivity index (χ1n) is 11.2. The number of carbonyl (C=O) groups excluding carboxylic acids is 2. The molecule has 166 valence electrons. The van der Waals surface area contributed by atoms with E-state index in [0.717, 1.165) is 38.1 Å². The predicted molar refractivity (Wildman–Crippen MR) is 122 cm³/mol. The van der Waals surface area contributed by atoms with E-state index in [0.29, 0.717) is 35.2 Å². The van der Waals surface area contributed by atoms with Crippen LogP contribution in [0.25, 0.3) is 0 Å². The number of likely N-dealkylation sites (tertiary alicyclic amines) is 2. The largest absolute Gasteiger partial charge is 0.356 e. The topological polar surface area (TPSA) is 52.7 Å². The van der Waals surface area contributed by atoms with Crippen molar-refractivity contribution >= 4 is 35.0 Å². The Bertz CT molecular complexity index is 743. The van der Waals surface area contributed by atoms with Crippen LogP contribution in [-0.4, -0.2) is 60.9 Å². The Kier molecular flexibility index (Phi) is 8.84. The van der Waals surface area contributed by atoms with E-state index in [1.165, 1.54) is 25.9 Å². The minimum Gasteiger partial charge on any atom is -0.356 e. The van der Waals surface area contributed by atoms with Crippen LogP contribution in [-0.2, 0) is 4.79 Å². The van der Waals surface area contributed by atoms with E-state index in [2.05, 4.69) is 17.1 Å². The van der Waals surface area contributed by atoms with Gasteiger partial charge in [-0.25, -0.2) is 0 Å². The minimum absolute atomic E-state index is 0.0632. The summed E-state index contributed by atoms with van der Waals surface area (Å²) < 4.78 is 0. The maximum atomic E-state index is 12.8. The molecule has 1 N–H and O–H groups in total. The van der Waals surface area contributed by atoms with E-state index in [1.54, 1.807) is 23.1 Å². The zero-order chi connectivity index (χ0) is 21.5. The van der Waals surface area contributed by atoms with E-state index < -0.39 is 0 Å². The Labute approximate surface area is 190 Å². The molecule has 30 heavy (non-hydrogen) atoms. The number of halogens is 2. The van der Waals surface area contributed by atoms with Gasteiger partial charge < -0.3 is 15.1 Å². The van der Waals surface area contributed by atoms with Crippen molar-refractivity contribution in [2.45, 2.75) is 45.4 Å². The first-order chi connectivity index (χ1) is 14.4. The number of carbonyl (C=O) groups is 2. The molecule has 2 unspecified atom stereocenters. The second-order valence-electron chi connectivity index (χ2n) is 8.77. The second-order valence-corrected chi connectivity index (χ2v) is 9.58. The van der Waals surface area contributed by atoms with Gasteiger partial charge >= 0.3 is 0 Å². The molecule has 2 atom stereocenters. The summed E-state index contributed by atoms with van der Waals surface area (Å²) in [5.74, 6) is 0.628. The summed E-state index contributed by atoms with van der Waals surface area (Å²) in [6, 6.07) is 4.91. The van der Waals surface area contributed by atoms with Gasteiger partial charge in [-0.3, -0.25) is 9.59 Å². The summed E-state index contributed by atoms with van der Waals surface area (Å²) in [6.07, 6.45) is 6.41. The van der Waals surface area contributed by atoms with E-state index in [1.807, 2.05) is 0 Å². The van der Waals surface area contributed by atoms with E-state index >= 15 is 0 Å². The van der Waals surface area contributed by atoms with Gasteiger partial charge in [0.05, 0.1) is 16.0 Å². The van der Waals surface area contributed by atoms with Crippen LogP contribution in [0.15, 0.2) is 18.2 Å².